The van der Waals surface area contributed by atoms with Crippen LogP contribution in [-0.2, 0) is 0 Å². The van der Waals surface area contributed by atoms with E-state index in [1.807, 2.05) is 27.7 Å². The van der Waals surface area contributed by atoms with Gasteiger partial charge in [0.25, 0.3) is 11.8 Å². The largest absolute Gasteiger partial charge is 0.347 e. The lowest BCUT2D eigenvalue weighted by atomic mass is 10.1. The number of aldehydes is 1. The summed E-state index contributed by atoms with van der Waals surface area (Å²) in [5.41, 5.74) is 1.33. The van der Waals surface area contributed by atoms with E-state index in [1.54, 1.807) is 16.7 Å². The van der Waals surface area contributed by atoms with Crippen LogP contribution in [-0.4, -0.2) is 59.1 Å². The van der Waals surface area contributed by atoms with Crippen molar-refractivity contribution in [3.05, 3.63) is 22.5 Å². The Kier molecular flexibility index (Phi) is 6.34. The zero-order chi connectivity index (χ0) is 16.9. The third-order valence-electron chi connectivity index (χ3n) is 3.93. The normalized spacial score (nSPS) is 10.4. The van der Waals surface area contributed by atoms with Crippen LogP contribution in [0.3, 0.4) is 0 Å². The summed E-state index contributed by atoms with van der Waals surface area (Å²) < 4.78 is 0. The first kappa shape index (κ1) is 17.9. The number of carbonyl (C=O) groups excluding carboxylic acids is 3. The first-order chi connectivity index (χ1) is 10.5. The van der Waals surface area contributed by atoms with Gasteiger partial charge in [-0.25, -0.2) is 0 Å². The van der Waals surface area contributed by atoms with Gasteiger partial charge >= 0.3 is 0 Å². The van der Waals surface area contributed by atoms with Gasteiger partial charge in [-0.2, -0.15) is 0 Å². The Morgan fingerprint density at radius 3 is 1.82 bits per heavy atom. The fourth-order valence-electron chi connectivity index (χ4n) is 2.53. The third kappa shape index (κ3) is 3.21. The summed E-state index contributed by atoms with van der Waals surface area (Å²) in [7, 11) is 0. The molecule has 0 aromatic carbocycles. The minimum atomic E-state index is -0.223. The van der Waals surface area contributed by atoms with Gasteiger partial charge in [0.1, 0.15) is 5.69 Å². The SMILES string of the molecule is CCN(CC)C(=O)c1[nH]c(C=O)c(C(=O)N(CC)CC)c1C. The average Bonchev–Trinajstić information content (AvgIpc) is 2.86. The highest BCUT2D eigenvalue weighted by Crippen LogP contribution is 2.21. The minimum Gasteiger partial charge on any atom is -0.347 e. The molecule has 6 heteroatoms. The van der Waals surface area contributed by atoms with Gasteiger partial charge in [-0.05, 0) is 40.2 Å². The smallest absolute Gasteiger partial charge is 0.270 e. The predicted molar refractivity (Wildman–Crippen MR) is 85.4 cm³/mol. The Balaban J connectivity index is 3.34. The van der Waals surface area contributed by atoms with Gasteiger partial charge in [-0.3, -0.25) is 14.4 Å². The van der Waals surface area contributed by atoms with Crippen molar-refractivity contribution in [3.8, 4) is 0 Å². The van der Waals surface area contributed by atoms with Gasteiger partial charge in [0.2, 0.25) is 0 Å². The van der Waals surface area contributed by atoms with Crippen LogP contribution < -0.4 is 0 Å². The fourth-order valence-corrected chi connectivity index (χ4v) is 2.53. The molecule has 22 heavy (non-hydrogen) atoms. The number of nitrogens with one attached hydrogen (secondary N) is 1. The van der Waals surface area contributed by atoms with Crippen LogP contribution in [0.25, 0.3) is 0 Å². The first-order valence-corrected chi connectivity index (χ1v) is 7.72. The summed E-state index contributed by atoms with van der Waals surface area (Å²) in [4.78, 5) is 42.5. The quantitative estimate of drug-likeness (QED) is 0.784. The molecular weight excluding hydrogens is 282 g/mol. The fraction of sp³-hybridized carbons (Fsp3) is 0.562. The Morgan fingerprint density at radius 1 is 0.955 bits per heavy atom. The van der Waals surface area contributed by atoms with E-state index >= 15 is 0 Å². The van der Waals surface area contributed by atoms with Crippen LogP contribution in [0.4, 0.5) is 0 Å². The number of hydrogen-bond acceptors (Lipinski definition) is 3. The van der Waals surface area contributed by atoms with E-state index < -0.39 is 0 Å². The second kappa shape index (κ2) is 7.77. The number of aromatic amines is 1. The number of aromatic nitrogens is 1. The number of rotatable bonds is 7. The van der Waals surface area contributed by atoms with Crippen molar-refractivity contribution in [2.75, 3.05) is 26.2 Å². The van der Waals surface area contributed by atoms with E-state index in [0.717, 1.165) is 0 Å². The van der Waals surface area contributed by atoms with Crippen LogP contribution in [0.2, 0.25) is 0 Å². The molecule has 0 saturated heterocycles. The molecule has 1 aromatic rings. The Bertz CT molecular complexity index is 555. The number of H-pyrrole nitrogens is 1. The molecule has 1 heterocycles. The summed E-state index contributed by atoms with van der Waals surface area (Å²) in [6, 6.07) is 0. The topological polar surface area (TPSA) is 73.5 Å². The van der Waals surface area contributed by atoms with Crippen LogP contribution in [0.1, 0.15) is 64.6 Å². The lowest BCUT2D eigenvalue weighted by Gasteiger charge is -2.19. The van der Waals surface area contributed by atoms with E-state index in [2.05, 4.69) is 4.98 Å². The van der Waals surface area contributed by atoms with Gasteiger partial charge in [0.15, 0.2) is 6.29 Å². The Labute approximate surface area is 131 Å². The molecule has 0 unspecified atom stereocenters. The van der Waals surface area contributed by atoms with Crippen LogP contribution in [0, 0.1) is 6.92 Å². The van der Waals surface area contributed by atoms with Crippen LogP contribution in [0.15, 0.2) is 0 Å². The highest BCUT2D eigenvalue weighted by atomic mass is 16.2. The molecule has 0 spiro atoms. The number of carbonyl (C=O) groups is 3. The van der Waals surface area contributed by atoms with Gasteiger partial charge in [0, 0.05) is 26.2 Å². The van der Waals surface area contributed by atoms with Gasteiger partial charge in [-0.1, -0.05) is 0 Å². The first-order valence-electron chi connectivity index (χ1n) is 7.72. The standard InChI is InChI=1S/C16H25N3O3/c1-6-18(7-2)15(21)13-11(5)14(17-12(13)10-20)16(22)19(8-3)9-4/h10,17H,6-9H2,1-5H3. The van der Waals surface area contributed by atoms with E-state index in [-0.39, 0.29) is 17.5 Å². The maximum atomic E-state index is 12.6. The van der Waals surface area contributed by atoms with Crippen LogP contribution in [0.5, 0.6) is 0 Å². The van der Waals surface area contributed by atoms with E-state index in [9.17, 15) is 14.4 Å². The molecule has 0 atom stereocenters. The van der Waals surface area contributed by atoms with Crippen LogP contribution >= 0.6 is 0 Å². The highest BCUT2D eigenvalue weighted by molar-refractivity contribution is 6.06. The minimum absolute atomic E-state index is 0.171. The third-order valence-corrected chi connectivity index (χ3v) is 3.93. The molecule has 0 saturated carbocycles. The number of hydrogen-bond donors (Lipinski definition) is 1. The molecule has 0 radical (unpaired) electrons. The molecular formula is C16H25N3O3. The Morgan fingerprint density at radius 2 is 1.41 bits per heavy atom. The zero-order valence-corrected chi connectivity index (χ0v) is 14.0. The molecule has 0 aliphatic heterocycles. The molecule has 6 nitrogen and oxygen atoms in total. The van der Waals surface area contributed by atoms with Crippen molar-refractivity contribution in [1.82, 2.24) is 14.8 Å². The maximum absolute atomic E-state index is 12.6. The lowest BCUT2D eigenvalue weighted by Crippen LogP contribution is -2.32. The predicted octanol–water partition coefficient (Wildman–Crippen LogP) is 2.10. The monoisotopic (exact) mass is 307 g/mol. The van der Waals surface area contributed by atoms with Crippen molar-refractivity contribution < 1.29 is 14.4 Å². The van der Waals surface area contributed by atoms with E-state index in [1.165, 1.54) is 0 Å². The van der Waals surface area contributed by atoms with E-state index in [0.29, 0.717) is 49.3 Å². The van der Waals surface area contributed by atoms with Gasteiger partial charge in [0.05, 0.1) is 11.3 Å². The molecule has 122 valence electrons. The molecule has 0 aliphatic rings. The highest BCUT2D eigenvalue weighted by Gasteiger charge is 2.27. The van der Waals surface area contributed by atoms with E-state index in [4.69, 9.17) is 0 Å². The van der Waals surface area contributed by atoms with Crippen molar-refractivity contribution in [3.63, 3.8) is 0 Å². The molecule has 1 rings (SSSR count). The molecule has 1 aromatic heterocycles. The summed E-state index contributed by atoms with van der Waals surface area (Å²) in [5.74, 6) is -0.413. The summed E-state index contributed by atoms with van der Waals surface area (Å²) in [5, 5.41) is 0. The van der Waals surface area contributed by atoms with Crippen molar-refractivity contribution in [1.29, 1.82) is 0 Å². The van der Waals surface area contributed by atoms with Gasteiger partial charge < -0.3 is 14.8 Å². The molecule has 1 N–H and O–H groups in total. The molecule has 0 aliphatic carbocycles. The van der Waals surface area contributed by atoms with Crippen molar-refractivity contribution in [2.24, 2.45) is 0 Å². The lowest BCUT2D eigenvalue weighted by molar-refractivity contribution is 0.0765. The second-order valence-corrected chi connectivity index (χ2v) is 4.99. The zero-order valence-electron chi connectivity index (χ0n) is 14.0. The van der Waals surface area contributed by atoms with Crippen molar-refractivity contribution >= 4 is 18.1 Å². The second-order valence-electron chi connectivity index (χ2n) is 4.99. The Hall–Kier alpha value is -2.11. The maximum Gasteiger partial charge on any atom is 0.270 e. The van der Waals surface area contributed by atoms with Gasteiger partial charge in [-0.15, -0.1) is 0 Å². The molecule has 0 fully saturated rings. The molecule has 2 amide bonds. The molecule has 0 bridgehead atoms. The summed E-state index contributed by atoms with van der Waals surface area (Å²) in [6.45, 7) is 11.5. The average molecular weight is 307 g/mol. The number of nitrogens with zero attached hydrogens (tertiary/aromatic N) is 2. The summed E-state index contributed by atoms with van der Waals surface area (Å²) in [6.07, 6.45) is 0.600. The summed E-state index contributed by atoms with van der Waals surface area (Å²) >= 11 is 0. The number of amides is 2. The van der Waals surface area contributed by atoms with Crippen molar-refractivity contribution in [2.45, 2.75) is 34.6 Å².